The number of rotatable bonds is 5. The third-order valence-electron chi connectivity index (χ3n) is 4.35. The minimum atomic E-state index is -0.0177. The van der Waals surface area contributed by atoms with Crippen LogP contribution in [0.5, 0.6) is 11.6 Å². The molecule has 2 heterocycles. The van der Waals surface area contributed by atoms with E-state index in [4.69, 9.17) is 9.47 Å². The SMILES string of the molecule is COc1ccc(CC(=O)N2CCC(Oc3ccnc(C)n3)C2)cc1C. The average Bonchev–Trinajstić information content (AvgIpc) is 3.04. The van der Waals surface area contributed by atoms with E-state index in [1.807, 2.05) is 36.9 Å². The summed E-state index contributed by atoms with van der Waals surface area (Å²) in [7, 11) is 1.65. The van der Waals surface area contributed by atoms with Crippen molar-refractivity contribution in [2.75, 3.05) is 20.2 Å². The van der Waals surface area contributed by atoms with Gasteiger partial charge in [-0.1, -0.05) is 12.1 Å². The minimum absolute atomic E-state index is 0.0177. The van der Waals surface area contributed by atoms with E-state index in [0.29, 0.717) is 31.2 Å². The van der Waals surface area contributed by atoms with Crippen LogP contribution in [-0.2, 0) is 11.2 Å². The topological polar surface area (TPSA) is 64.5 Å². The van der Waals surface area contributed by atoms with Crippen molar-refractivity contribution >= 4 is 5.91 Å². The highest BCUT2D eigenvalue weighted by molar-refractivity contribution is 5.79. The predicted molar refractivity (Wildman–Crippen MR) is 93.8 cm³/mol. The minimum Gasteiger partial charge on any atom is -0.496 e. The van der Waals surface area contributed by atoms with Gasteiger partial charge in [-0.05, 0) is 31.0 Å². The molecule has 1 amide bonds. The quantitative estimate of drug-likeness (QED) is 0.835. The lowest BCUT2D eigenvalue weighted by Crippen LogP contribution is -2.32. The molecule has 132 valence electrons. The summed E-state index contributed by atoms with van der Waals surface area (Å²) in [6.45, 7) is 5.12. The van der Waals surface area contributed by atoms with Crippen LogP contribution >= 0.6 is 0 Å². The van der Waals surface area contributed by atoms with Crippen molar-refractivity contribution in [1.29, 1.82) is 0 Å². The van der Waals surface area contributed by atoms with Gasteiger partial charge in [0.15, 0.2) is 0 Å². The first kappa shape index (κ1) is 17.2. The second-order valence-corrected chi connectivity index (χ2v) is 6.29. The van der Waals surface area contributed by atoms with Gasteiger partial charge in [0.05, 0.1) is 20.1 Å². The summed E-state index contributed by atoms with van der Waals surface area (Å²) in [6.07, 6.45) is 2.87. The lowest BCUT2D eigenvalue weighted by Gasteiger charge is -2.17. The van der Waals surface area contributed by atoms with Crippen molar-refractivity contribution in [3.63, 3.8) is 0 Å². The number of amides is 1. The molecule has 0 N–H and O–H groups in total. The maximum atomic E-state index is 12.5. The number of hydrogen-bond donors (Lipinski definition) is 0. The standard InChI is InChI=1S/C19H23N3O3/c1-13-10-15(4-5-17(13)24-3)11-19(23)22-9-7-16(12-22)25-18-6-8-20-14(2)21-18/h4-6,8,10,16H,7,9,11-12H2,1-3H3. The van der Waals surface area contributed by atoms with Gasteiger partial charge < -0.3 is 14.4 Å². The number of aryl methyl sites for hydroxylation is 2. The van der Waals surface area contributed by atoms with Gasteiger partial charge in [-0.15, -0.1) is 0 Å². The number of methoxy groups -OCH3 is 1. The number of likely N-dealkylation sites (tertiary alicyclic amines) is 1. The Labute approximate surface area is 147 Å². The molecule has 1 aliphatic rings. The van der Waals surface area contributed by atoms with Gasteiger partial charge >= 0.3 is 0 Å². The Balaban J connectivity index is 1.56. The predicted octanol–water partition coefficient (Wildman–Crippen LogP) is 2.32. The fourth-order valence-electron chi connectivity index (χ4n) is 3.06. The first-order chi connectivity index (χ1) is 12.0. The van der Waals surface area contributed by atoms with Crippen molar-refractivity contribution in [3.05, 3.63) is 47.4 Å². The zero-order valence-corrected chi connectivity index (χ0v) is 14.9. The van der Waals surface area contributed by atoms with Gasteiger partial charge in [0.1, 0.15) is 17.7 Å². The van der Waals surface area contributed by atoms with Crippen LogP contribution in [0.25, 0.3) is 0 Å². The Kier molecular flexibility index (Phi) is 5.16. The van der Waals surface area contributed by atoms with E-state index in [-0.39, 0.29) is 12.0 Å². The maximum Gasteiger partial charge on any atom is 0.227 e. The number of hydrogen-bond acceptors (Lipinski definition) is 5. The number of carbonyl (C=O) groups is 1. The first-order valence-electron chi connectivity index (χ1n) is 8.43. The Bertz CT molecular complexity index is 763. The normalized spacial score (nSPS) is 16.8. The van der Waals surface area contributed by atoms with Crippen molar-refractivity contribution in [3.8, 4) is 11.6 Å². The number of ether oxygens (including phenoxy) is 2. The molecule has 0 bridgehead atoms. The fraction of sp³-hybridized carbons (Fsp3) is 0.421. The molecular weight excluding hydrogens is 318 g/mol. The highest BCUT2D eigenvalue weighted by Crippen LogP contribution is 2.21. The molecule has 0 saturated carbocycles. The highest BCUT2D eigenvalue weighted by atomic mass is 16.5. The lowest BCUT2D eigenvalue weighted by molar-refractivity contribution is -0.129. The van der Waals surface area contributed by atoms with Crippen LogP contribution in [-0.4, -0.2) is 47.1 Å². The van der Waals surface area contributed by atoms with Gasteiger partial charge in [-0.25, -0.2) is 4.98 Å². The van der Waals surface area contributed by atoms with Crippen molar-refractivity contribution in [2.24, 2.45) is 0 Å². The van der Waals surface area contributed by atoms with Crippen LogP contribution < -0.4 is 9.47 Å². The van der Waals surface area contributed by atoms with Gasteiger partial charge in [-0.2, -0.15) is 4.98 Å². The molecule has 6 nitrogen and oxygen atoms in total. The summed E-state index contributed by atoms with van der Waals surface area (Å²) in [5.41, 5.74) is 2.04. The highest BCUT2D eigenvalue weighted by Gasteiger charge is 2.27. The Morgan fingerprint density at radius 1 is 1.32 bits per heavy atom. The van der Waals surface area contributed by atoms with E-state index in [9.17, 15) is 4.79 Å². The fourth-order valence-corrected chi connectivity index (χ4v) is 3.06. The lowest BCUT2D eigenvalue weighted by atomic mass is 10.1. The number of aromatic nitrogens is 2. The molecule has 0 radical (unpaired) electrons. The van der Waals surface area contributed by atoms with Gasteiger partial charge in [-0.3, -0.25) is 4.79 Å². The van der Waals surface area contributed by atoms with Crippen LogP contribution in [0.1, 0.15) is 23.4 Å². The molecule has 3 rings (SSSR count). The van der Waals surface area contributed by atoms with E-state index in [0.717, 1.165) is 23.3 Å². The summed E-state index contributed by atoms with van der Waals surface area (Å²) in [4.78, 5) is 22.7. The molecule has 1 atom stereocenters. The van der Waals surface area contributed by atoms with Gasteiger partial charge in [0.25, 0.3) is 0 Å². The molecule has 1 aromatic heterocycles. The smallest absolute Gasteiger partial charge is 0.227 e. The van der Waals surface area contributed by atoms with Crippen LogP contribution in [0.3, 0.4) is 0 Å². The van der Waals surface area contributed by atoms with Gasteiger partial charge in [0, 0.05) is 25.2 Å². The van der Waals surface area contributed by atoms with Gasteiger partial charge in [0.2, 0.25) is 11.8 Å². The van der Waals surface area contributed by atoms with Crippen molar-refractivity contribution in [2.45, 2.75) is 32.8 Å². The third kappa shape index (κ3) is 4.26. The molecule has 25 heavy (non-hydrogen) atoms. The summed E-state index contributed by atoms with van der Waals surface area (Å²) < 4.78 is 11.1. The maximum absolute atomic E-state index is 12.5. The molecule has 1 fully saturated rings. The van der Waals surface area contributed by atoms with Crippen LogP contribution in [0.4, 0.5) is 0 Å². The van der Waals surface area contributed by atoms with E-state index >= 15 is 0 Å². The number of nitrogens with zero attached hydrogens (tertiary/aromatic N) is 3. The second-order valence-electron chi connectivity index (χ2n) is 6.29. The van der Waals surface area contributed by atoms with E-state index < -0.39 is 0 Å². The Morgan fingerprint density at radius 3 is 2.88 bits per heavy atom. The van der Waals surface area contributed by atoms with E-state index in [1.165, 1.54) is 0 Å². The molecule has 0 spiro atoms. The molecular formula is C19H23N3O3. The van der Waals surface area contributed by atoms with Crippen LogP contribution in [0.2, 0.25) is 0 Å². The Morgan fingerprint density at radius 2 is 2.16 bits per heavy atom. The molecule has 2 aromatic rings. The zero-order chi connectivity index (χ0) is 17.8. The van der Waals surface area contributed by atoms with Crippen LogP contribution in [0.15, 0.2) is 30.5 Å². The van der Waals surface area contributed by atoms with Crippen LogP contribution in [0, 0.1) is 13.8 Å². The molecule has 1 saturated heterocycles. The number of benzene rings is 1. The summed E-state index contributed by atoms with van der Waals surface area (Å²) in [5, 5.41) is 0. The number of carbonyl (C=O) groups excluding carboxylic acids is 1. The zero-order valence-electron chi connectivity index (χ0n) is 14.9. The summed E-state index contributed by atoms with van der Waals surface area (Å²) in [6, 6.07) is 7.60. The molecule has 6 heteroatoms. The summed E-state index contributed by atoms with van der Waals surface area (Å²) in [5.74, 6) is 2.20. The van der Waals surface area contributed by atoms with E-state index in [1.54, 1.807) is 19.4 Å². The average molecular weight is 341 g/mol. The molecule has 0 aliphatic carbocycles. The largest absolute Gasteiger partial charge is 0.496 e. The summed E-state index contributed by atoms with van der Waals surface area (Å²) >= 11 is 0. The molecule has 1 aromatic carbocycles. The first-order valence-corrected chi connectivity index (χ1v) is 8.43. The molecule has 1 unspecified atom stereocenters. The monoisotopic (exact) mass is 341 g/mol. The van der Waals surface area contributed by atoms with E-state index in [2.05, 4.69) is 9.97 Å². The van der Waals surface area contributed by atoms with Crippen molar-refractivity contribution in [1.82, 2.24) is 14.9 Å². The second kappa shape index (κ2) is 7.51. The van der Waals surface area contributed by atoms with Crippen molar-refractivity contribution < 1.29 is 14.3 Å². The third-order valence-corrected chi connectivity index (χ3v) is 4.35. The molecule has 1 aliphatic heterocycles. The Hall–Kier alpha value is -2.63.